The van der Waals surface area contributed by atoms with Crippen molar-refractivity contribution in [3.8, 4) is 39.6 Å². The first-order valence-electron chi connectivity index (χ1n) is 12.2. The lowest BCUT2D eigenvalue weighted by Crippen LogP contribution is -1.85. The molecule has 0 N–H and O–H groups in total. The van der Waals surface area contributed by atoms with Crippen molar-refractivity contribution in [1.82, 2.24) is 4.98 Å². The normalized spacial score (nSPS) is 11.2. The highest BCUT2D eigenvalue weighted by molar-refractivity contribution is 6.22. The van der Waals surface area contributed by atoms with Crippen LogP contribution >= 0.6 is 0 Å². The van der Waals surface area contributed by atoms with Crippen molar-refractivity contribution in [1.29, 1.82) is 5.26 Å². The van der Waals surface area contributed by atoms with Crippen LogP contribution in [-0.2, 0) is 0 Å². The van der Waals surface area contributed by atoms with Gasteiger partial charge in [0.1, 0.15) is 11.2 Å². The standard InChI is InChI=1S/C34H20N2O/c35-21-22-16-17-36-31(18-22)25-12-10-23(11-13-25)26-14-15-29-32(19-26)37-33-20-30(24-6-2-1-3-7-24)27-8-4-5-9-28(27)34(29)33/h1-20H. The lowest BCUT2D eigenvalue weighted by molar-refractivity contribution is 0.669. The van der Waals surface area contributed by atoms with Gasteiger partial charge in [-0.2, -0.15) is 5.26 Å². The molecule has 3 heteroatoms. The van der Waals surface area contributed by atoms with E-state index in [2.05, 4.69) is 96.0 Å². The molecule has 0 bridgehead atoms. The van der Waals surface area contributed by atoms with Crippen molar-refractivity contribution in [2.24, 2.45) is 0 Å². The second-order valence-electron chi connectivity index (χ2n) is 9.14. The molecule has 0 saturated carbocycles. The van der Waals surface area contributed by atoms with Crippen molar-refractivity contribution >= 4 is 32.7 Å². The van der Waals surface area contributed by atoms with Gasteiger partial charge in [0.2, 0.25) is 0 Å². The fourth-order valence-corrected chi connectivity index (χ4v) is 5.17. The highest BCUT2D eigenvalue weighted by Crippen LogP contribution is 2.41. The lowest BCUT2D eigenvalue weighted by atomic mass is 9.94. The quantitative estimate of drug-likeness (QED) is 0.258. The van der Waals surface area contributed by atoms with E-state index in [-0.39, 0.29) is 0 Å². The summed E-state index contributed by atoms with van der Waals surface area (Å²) < 4.78 is 6.46. The molecule has 172 valence electrons. The van der Waals surface area contributed by atoms with Crippen molar-refractivity contribution in [3.05, 3.63) is 127 Å². The average molecular weight is 473 g/mol. The molecule has 0 saturated heterocycles. The van der Waals surface area contributed by atoms with Gasteiger partial charge in [-0.05, 0) is 63.4 Å². The van der Waals surface area contributed by atoms with Crippen LogP contribution in [0.3, 0.4) is 0 Å². The number of pyridine rings is 1. The maximum Gasteiger partial charge on any atom is 0.136 e. The molecule has 7 aromatic rings. The molecule has 0 radical (unpaired) electrons. The molecule has 0 aliphatic carbocycles. The van der Waals surface area contributed by atoms with Crippen LogP contribution in [-0.4, -0.2) is 4.98 Å². The zero-order valence-electron chi connectivity index (χ0n) is 19.8. The summed E-state index contributed by atoms with van der Waals surface area (Å²) in [7, 11) is 0. The molecule has 0 spiro atoms. The first-order valence-corrected chi connectivity index (χ1v) is 12.2. The van der Waals surface area contributed by atoms with Crippen molar-refractivity contribution < 1.29 is 4.42 Å². The van der Waals surface area contributed by atoms with Gasteiger partial charge in [0, 0.05) is 22.5 Å². The third-order valence-electron chi connectivity index (χ3n) is 6.97. The fraction of sp³-hybridized carbons (Fsp3) is 0. The minimum absolute atomic E-state index is 0.604. The monoisotopic (exact) mass is 472 g/mol. The predicted molar refractivity (Wildman–Crippen MR) is 150 cm³/mol. The molecule has 0 unspecified atom stereocenters. The number of fused-ring (bicyclic) bond motifs is 5. The van der Waals surface area contributed by atoms with Crippen LogP contribution in [0, 0.1) is 11.3 Å². The van der Waals surface area contributed by atoms with Gasteiger partial charge >= 0.3 is 0 Å². The molecule has 0 aliphatic rings. The van der Waals surface area contributed by atoms with Crippen molar-refractivity contribution in [3.63, 3.8) is 0 Å². The third kappa shape index (κ3) is 3.55. The Morgan fingerprint density at radius 1 is 0.568 bits per heavy atom. The summed E-state index contributed by atoms with van der Waals surface area (Å²) >= 11 is 0. The number of furan rings is 1. The SMILES string of the molecule is N#Cc1ccnc(-c2ccc(-c3ccc4c(c3)oc3cc(-c5ccccc5)c5ccccc5c34)cc2)c1. The summed E-state index contributed by atoms with van der Waals surface area (Å²) in [5.41, 5.74) is 8.67. The summed E-state index contributed by atoms with van der Waals surface area (Å²) in [6, 6.07) is 41.6. The van der Waals surface area contributed by atoms with E-state index in [1.54, 1.807) is 12.3 Å². The Balaban J connectivity index is 1.35. The van der Waals surface area contributed by atoms with Crippen LogP contribution in [0.5, 0.6) is 0 Å². The van der Waals surface area contributed by atoms with Crippen LogP contribution in [0.25, 0.3) is 66.2 Å². The first kappa shape index (κ1) is 21.1. The largest absolute Gasteiger partial charge is 0.456 e. The molecule has 0 fully saturated rings. The number of rotatable bonds is 3. The summed E-state index contributed by atoms with van der Waals surface area (Å²) in [6.45, 7) is 0. The maximum atomic E-state index is 9.19. The molecular formula is C34H20N2O. The van der Waals surface area contributed by atoms with E-state index in [0.717, 1.165) is 44.3 Å². The Hall–Kier alpha value is -5.20. The molecule has 3 nitrogen and oxygen atoms in total. The van der Waals surface area contributed by atoms with Crippen molar-refractivity contribution in [2.45, 2.75) is 0 Å². The van der Waals surface area contributed by atoms with E-state index < -0.39 is 0 Å². The Bertz CT molecular complexity index is 1980. The third-order valence-corrected chi connectivity index (χ3v) is 6.97. The average Bonchev–Trinajstić information content (AvgIpc) is 3.35. The molecule has 5 aromatic carbocycles. The fourth-order valence-electron chi connectivity index (χ4n) is 5.17. The van der Waals surface area contributed by atoms with E-state index in [9.17, 15) is 5.26 Å². The maximum absolute atomic E-state index is 9.19. The lowest BCUT2D eigenvalue weighted by Gasteiger charge is -2.08. The number of benzene rings is 5. The van der Waals surface area contributed by atoms with E-state index in [4.69, 9.17) is 4.42 Å². The van der Waals surface area contributed by atoms with Gasteiger partial charge in [-0.25, -0.2) is 0 Å². The van der Waals surface area contributed by atoms with Crippen LogP contribution in [0.15, 0.2) is 126 Å². The highest BCUT2D eigenvalue weighted by atomic mass is 16.3. The number of hydrogen-bond donors (Lipinski definition) is 0. The highest BCUT2D eigenvalue weighted by Gasteiger charge is 2.15. The first-order chi connectivity index (χ1) is 18.3. The van der Waals surface area contributed by atoms with Gasteiger partial charge in [0.25, 0.3) is 0 Å². The molecule has 0 amide bonds. The van der Waals surface area contributed by atoms with Gasteiger partial charge < -0.3 is 4.42 Å². The number of hydrogen-bond acceptors (Lipinski definition) is 3. The van der Waals surface area contributed by atoms with Crippen LogP contribution in [0.2, 0.25) is 0 Å². The minimum Gasteiger partial charge on any atom is -0.456 e. The van der Waals surface area contributed by atoms with E-state index in [1.165, 1.54) is 21.9 Å². The van der Waals surface area contributed by atoms with Crippen molar-refractivity contribution in [2.75, 3.05) is 0 Å². The zero-order valence-corrected chi connectivity index (χ0v) is 19.8. The molecule has 37 heavy (non-hydrogen) atoms. The Kier molecular flexibility index (Phi) is 4.84. The van der Waals surface area contributed by atoms with Gasteiger partial charge in [0.05, 0.1) is 17.3 Å². The van der Waals surface area contributed by atoms with E-state index in [0.29, 0.717) is 5.56 Å². The number of nitrogens with zero attached hydrogens (tertiary/aromatic N) is 2. The van der Waals surface area contributed by atoms with E-state index >= 15 is 0 Å². The van der Waals surface area contributed by atoms with Crippen LogP contribution < -0.4 is 0 Å². The predicted octanol–water partition coefficient (Wildman–Crippen LogP) is 9.01. The van der Waals surface area contributed by atoms with Crippen LogP contribution in [0.1, 0.15) is 5.56 Å². The summed E-state index contributed by atoms with van der Waals surface area (Å²) in [6.07, 6.45) is 1.67. The summed E-state index contributed by atoms with van der Waals surface area (Å²) in [5, 5.41) is 13.9. The van der Waals surface area contributed by atoms with Gasteiger partial charge in [-0.1, -0.05) is 84.9 Å². The molecule has 0 atom stereocenters. The summed E-state index contributed by atoms with van der Waals surface area (Å²) in [4.78, 5) is 4.41. The second kappa shape index (κ2) is 8.48. The molecule has 2 aromatic heterocycles. The smallest absolute Gasteiger partial charge is 0.136 e. The zero-order chi connectivity index (χ0) is 24.8. The molecule has 7 rings (SSSR count). The van der Waals surface area contributed by atoms with Gasteiger partial charge in [-0.3, -0.25) is 4.98 Å². The van der Waals surface area contributed by atoms with Gasteiger partial charge in [0.15, 0.2) is 0 Å². The van der Waals surface area contributed by atoms with Gasteiger partial charge in [-0.15, -0.1) is 0 Å². The Morgan fingerprint density at radius 3 is 2.11 bits per heavy atom. The number of nitriles is 1. The topological polar surface area (TPSA) is 49.8 Å². The summed E-state index contributed by atoms with van der Waals surface area (Å²) in [5.74, 6) is 0. The Labute approximate surface area is 213 Å². The minimum atomic E-state index is 0.604. The van der Waals surface area contributed by atoms with Crippen LogP contribution in [0.4, 0.5) is 0 Å². The second-order valence-corrected chi connectivity index (χ2v) is 9.14. The Morgan fingerprint density at radius 2 is 1.30 bits per heavy atom. The molecular weight excluding hydrogens is 452 g/mol. The number of aromatic nitrogens is 1. The molecule has 0 aliphatic heterocycles. The van der Waals surface area contributed by atoms with E-state index in [1.807, 2.05) is 24.3 Å². The molecule has 2 heterocycles.